The first kappa shape index (κ1) is 16.4. The monoisotopic (exact) mass is 349 g/mol. The molecule has 0 bridgehead atoms. The summed E-state index contributed by atoms with van der Waals surface area (Å²) in [5.41, 5.74) is 1.97. The molecular formula is C19H23N7. The number of nitrogens with zero attached hydrogens (tertiary/aromatic N) is 6. The van der Waals surface area contributed by atoms with Crippen molar-refractivity contribution in [2.24, 2.45) is 4.99 Å². The van der Waals surface area contributed by atoms with Crippen LogP contribution in [0.3, 0.4) is 0 Å². The Balaban J connectivity index is 1.35. The molecular weight excluding hydrogens is 326 g/mol. The van der Waals surface area contributed by atoms with E-state index < -0.39 is 0 Å². The van der Waals surface area contributed by atoms with Gasteiger partial charge in [-0.2, -0.15) is 0 Å². The minimum absolute atomic E-state index is 0.662. The number of anilines is 1. The third kappa shape index (κ3) is 3.46. The molecule has 4 heterocycles. The van der Waals surface area contributed by atoms with Crippen LogP contribution >= 0.6 is 0 Å². The summed E-state index contributed by atoms with van der Waals surface area (Å²) in [5.74, 6) is 1.96. The summed E-state index contributed by atoms with van der Waals surface area (Å²) in [7, 11) is 1.83. The summed E-state index contributed by atoms with van der Waals surface area (Å²) in [6.45, 7) is 4.37. The van der Waals surface area contributed by atoms with Crippen LogP contribution in [0.4, 0.5) is 5.82 Å². The van der Waals surface area contributed by atoms with Gasteiger partial charge >= 0.3 is 0 Å². The van der Waals surface area contributed by atoms with Crippen LogP contribution in [0.1, 0.15) is 5.69 Å². The molecule has 7 nitrogen and oxygen atoms in total. The van der Waals surface area contributed by atoms with Crippen LogP contribution in [-0.4, -0.2) is 58.5 Å². The van der Waals surface area contributed by atoms with Crippen LogP contribution in [0.15, 0.2) is 60.0 Å². The zero-order valence-electron chi connectivity index (χ0n) is 14.9. The smallest absolute Gasteiger partial charge is 0.194 e. The fourth-order valence-corrected chi connectivity index (χ4v) is 3.26. The largest absolute Gasteiger partial charge is 0.353 e. The van der Waals surface area contributed by atoms with Gasteiger partial charge in [-0.25, -0.2) is 9.97 Å². The van der Waals surface area contributed by atoms with Crippen LogP contribution < -0.4 is 10.2 Å². The second-order valence-electron chi connectivity index (χ2n) is 6.26. The molecule has 0 aromatic carbocycles. The Hall–Kier alpha value is -3.09. The molecule has 0 aliphatic carbocycles. The zero-order chi connectivity index (χ0) is 17.8. The number of hydrogen-bond acceptors (Lipinski definition) is 4. The van der Waals surface area contributed by atoms with E-state index in [2.05, 4.69) is 42.3 Å². The molecule has 7 heteroatoms. The first-order chi connectivity index (χ1) is 12.8. The van der Waals surface area contributed by atoms with Crippen molar-refractivity contribution in [3.8, 4) is 0 Å². The Labute approximate surface area is 153 Å². The summed E-state index contributed by atoms with van der Waals surface area (Å²) in [5, 5.41) is 3.44. The van der Waals surface area contributed by atoms with Gasteiger partial charge in [0.25, 0.3) is 0 Å². The van der Waals surface area contributed by atoms with Crippen LogP contribution in [0.25, 0.3) is 5.65 Å². The van der Waals surface area contributed by atoms with Crippen molar-refractivity contribution in [1.82, 2.24) is 24.6 Å². The third-order valence-corrected chi connectivity index (χ3v) is 4.61. The van der Waals surface area contributed by atoms with E-state index in [1.807, 2.05) is 54.2 Å². The number of pyridine rings is 2. The van der Waals surface area contributed by atoms with Gasteiger partial charge in [-0.3, -0.25) is 4.99 Å². The van der Waals surface area contributed by atoms with Crippen molar-refractivity contribution in [3.05, 3.63) is 60.7 Å². The molecule has 4 rings (SSSR count). The van der Waals surface area contributed by atoms with E-state index in [-0.39, 0.29) is 0 Å². The summed E-state index contributed by atoms with van der Waals surface area (Å²) < 4.78 is 2.03. The highest BCUT2D eigenvalue weighted by atomic mass is 15.4. The average Bonchev–Trinajstić information content (AvgIpc) is 3.12. The molecule has 3 aromatic rings. The second-order valence-corrected chi connectivity index (χ2v) is 6.26. The van der Waals surface area contributed by atoms with E-state index in [0.29, 0.717) is 6.54 Å². The number of rotatable bonds is 3. The quantitative estimate of drug-likeness (QED) is 0.575. The molecule has 0 radical (unpaired) electrons. The van der Waals surface area contributed by atoms with Gasteiger partial charge in [0.2, 0.25) is 0 Å². The number of guanidine groups is 1. The van der Waals surface area contributed by atoms with E-state index in [9.17, 15) is 0 Å². The molecule has 0 unspecified atom stereocenters. The number of aliphatic imine (C=N–C) groups is 1. The number of fused-ring (bicyclic) bond motifs is 1. The molecule has 1 saturated heterocycles. The van der Waals surface area contributed by atoms with E-state index in [1.54, 1.807) is 0 Å². The fourth-order valence-electron chi connectivity index (χ4n) is 3.26. The summed E-state index contributed by atoms with van der Waals surface area (Å²) in [6, 6.07) is 12.1. The molecule has 0 saturated carbocycles. The fraction of sp³-hybridized carbons (Fsp3) is 0.316. The van der Waals surface area contributed by atoms with Gasteiger partial charge in [0.1, 0.15) is 11.5 Å². The Morgan fingerprint density at radius 1 is 1.12 bits per heavy atom. The molecule has 0 spiro atoms. The van der Waals surface area contributed by atoms with E-state index in [4.69, 9.17) is 0 Å². The lowest BCUT2D eigenvalue weighted by atomic mass is 10.3. The van der Waals surface area contributed by atoms with E-state index >= 15 is 0 Å². The van der Waals surface area contributed by atoms with Crippen LogP contribution in [0, 0.1) is 0 Å². The molecule has 1 N–H and O–H groups in total. The number of aromatic nitrogens is 3. The second kappa shape index (κ2) is 7.43. The SMILES string of the molecule is CN=C(NCc1cn2ccccc2n1)N1CCN(c2ccccn2)CC1. The standard InChI is InChI=1S/C19H23N7/c1-20-19(22-14-16-15-26-9-5-3-7-18(26)23-16)25-12-10-24(11-13-25)17-6-2-4-8-21-17/h2-9,15H,10-14H2,1H3,(H,20,22). The van der Waals surface area contributed by atoms with Crippen molar-refractivity contribution in [1.29, 1.82) is 0 Å². The zero-order valence-corrected chi connectivity index (χ0v) is 14.9. The Bertz CT molecular complexity index is 846. The maximum atomic E-state index is 4.63. The first-order valence-electron chi connectivity index (χ1n) is 8.88. The number of piperazine rings is 1. The van der Waals surface area contributed by atoms with Gasteiger partial charge in [-0.15, -0.1) is 0 Å². The molecule has 134 valence electrons. The minimum atomic E-state index is 0.662. The van der Waals surface area contributed by atoms with E-state index in [1.165, 1.54) is 0 Å². The molecule has 0 atom stereocenters. The highest BCUT2D eigenvalue weighted by Gasteiger charge is 2.20. The van der Waals surface area contributed by atoms with Crippen molar-refractivity contribution in [2.75, 3.05) is 38.1 Å². The van der Waals surface area contributed by atoms with Crippen LogP contribution in [0.2, 0.25) is 0 Å². The third-order valence-electron chi connectivity index (χ3n) is 4.61. The molecule has 0 amide bonds. The lowest BCUT2D eigenvalue weighted by Gasteiger charge is -2.37. The van der Waals surface area contributed by atoms with Gasteiger partial charge in [-0.05, 0) is 24.3 Å². The number of imidazole rings is 1. The summed E-state index contributed by atoms with van der Waals surface area (Å²) >= 11 is 0. The van der Waals surface area contributed by atoms with Crippen molar-refractivity contribution in [3.63, 3.8) is 0 Å². The predicted molar refractivity (Wildman–Crippen MR) is 103 cm³/mol. The molecule has 3 aromatic heterocycles. The number of nitrogens with one attached hydrogen (secondary N) is 1. The number of hydrogen-bond donors (Lipinski definition) is 1. The normalized spacial score (nSPS) is 15.5. The Morgan fingerprint density at radius 2 is 1.96 bits per heavy atom. The Kier molecular flexibility index (Phi) is 4.68. The molecule has 1 aliphatic rings. The van der Waals surface area contributed by atoms with Crippen LogP contribution in [-0.2, 0) is 6.54 Å². The van der Waals surface area contributed by atoms with E-state index in [0.717, 1.165) is 49.3 Å². The lowest BCUT2D eigenvalue weighted by molar-refractivity contribution is 0.371. The molecule has 1 fully saturated rings. The topological polar surface area (TPSA) is 61.1 Å². The maximum Gasteiger partial charge on any atom is 0.194 e. The van der Waals surface area contributed by atoms with Gasteiger partial charge in [0.05, 0.1) is 12.2 Å². The highest BCUT2D eigenvalue weighted by Crippen LogP contribution is 2.12. The van der Waals surface area contributed by atoms with Crippen LogP contribution in [0.5, 0.6) is 0 Å². The lowest BCUT2D eigenvalue weighted by Crippen LogP contribution is -2.52. The van der Waals surface area contributed by atoms with Crippen molar-refractivity contribution >= 4 is 17.4 Å². The van der Waals surface area contributed by atoms with Gasteiger partial charge < -0.3 is 19.5 Å². The minimum Gasteiger partial charge on any atom is -0.353 e. The van der Waals surface area contributed by atoms with Gasteiger partial charge in [0, 0.05) is 51.8 Å². The van der Waals surface area contributed by atoms with Gasteiger partial charge in [0.15, 0.2) is 5.96 Å². The summed E-state index contributed by atoms with van der Waals surface area (Å²) in [4.78, 5) is 18.1. The molecule has 26 heavy (non-hydrogen) atoms. The predicted octanol–water partition coefficient (Wildman–Crippen LogP) is 1.63. The average molecular weight is 349 g/mol. The highest BCUT2D eigenvalue weighted by molar-refractivity contribution is 5.80. The Morgan fingerprint density at radius 3 is 2.69 bits per heavy atom. The van der Waals surface area contributed by atoms with Crippen molar-refractivity contribution in [2.45, 2.75) is 6.54 Å². The first-order valence-corrected chi connectivity index (χ1v) is 8.88. The summed E-state index contributed by atoms with van der Waals surface area (Å²) in [6.07, 6.45) is 5.91. The maximum absolute atomic E-state index is 4.63. The van der Waals surface area contributed by atoms with Crippen molar-refractivity contribution < 1.29 is 0 Å². The molecule has 1 aliphatic heterocycles. The van der Waals surface area contributed by atoms with Gasteiger partial charge in [-0.1, -0.05) is 12.1 Å².